The summed E-state index contributed by atoms with van der Waals surface area (Å²) >= 11 is 11.3. The Labute approximate surface area is 131 Å². The van der Waals surface area contributed by atoms with Gasteiger partial charge in [0.15, 0.2) is 0 Å². The number of aromatic amines is 1. The van der Waals surface area contributed by atoms with Crippen molar-refractivity contribution in [2.45, 2.75) is 13.8 Å². The van der Waals surface area contributed by atoms with Gasteiger partial charge in [0.25, 0.3) is 0 Å². The number of fused-ring (bicyclic) bond motifs is 1. The summed E-state index contributed by atoms with van der Waals surface area (Å²) in [6, 6.07) is 8.00. The molecule has 0 fully saturated rings. The number of hydrogen-bond donors (Lipinski definition) is 1. The van der Waals surface area contributed by atoms with Crippen molar-refractivity contribution in [2.24, 2.45) is 5.10 Å². The fourth-order valence-corrected chi connectivity index (χ4v) is 2.41. The Hall–Kier alpha value is -2.05. The van der Waals surface area contributed by atoms with Crippen molar-refractivity contribution < 1.29 is 0 Å². The average molecular weight is 318 g/mol. The maximum Gasteiger partial charge on any atom is 0.216 e. The van der Waals surface area contributed by atoms with E-state index in [0.29, 0.717) is 15.7 Å². The van der Waals surface area contributed by atoms with E-state index in [-0.39, 0.29) is 0 Å². The molecule has 0 amide bonds. The van der Waals surface area contributed by atoms with Crippen molar-refractivity contribution >= 4 is 40.9 Å². The zero-order valence-corrected chi connectivity index (χ0v) is 13.0. The zero-order chi connectivity index (χ0) is 15.0. The molecular formula is C14H12ClN5S. The normalized spacial score (nSPS) is 11.6. The lowest BCUT2D eigenvalue weighted by Crippen LogP contribution is -1.95. The Bertz CT molecular complexity index is 909. The molecule has 5 nitrogen and oxygen atoms in total. The van der Waals surface area contributed by atoms with E-state index in [4.69, 9.17) is 23.8 Å². The summed E-state index contributed by atoms with van der Waals surface area (Å²) in [5.74, 6) is 0.678. The molecule has 0 aliphatic rings. The monoisotopic (exact) mass is 317 g/mol. The van der Waals surface area contributed by atoms with E-state index in [9.17, 15) is 0 Å². The lowest BCUT2D eigenvalue weighted by Gasteiger charge is -2.03. The molecule has 2 aromatic heterocycles. The Morgan fingerprint density at radius 2 is 2.14 bits per heavy atom. The quantitative estimate of drug-likeness (QED) is 0.446. The molecule has 0 saturated heterocycles. The second-order valence-corrected chi connectivity index (χ2v) is 5.44. The fraction of sp³-hybridized carbons (Fsp3) is 0.143. The first-order valence-corrected chi connectivity index (χ1v) is 7.08. The molecule has 0 unspecified atom stereocenters. The molecule has 0 radical (unpaired) electrons. The lowest BCUT2D eigenvalue weighted by molar-refractivity contribution is 0.821. The molecule has 0 aliphatic carbocycles. The molecule has 3 rings (SSSR count). The molecule has 0 bridgehead atoms. The van der Waals surface area contributed by atoms with Crippen LogP contribution >= 0.6 is 23.8 Å². The van der Waals surface area contributed by atoms with Crippen LogP contribution in [0.5, 0.6) is 0 Å². The zero-order valence-electron chi connectivity index (χ0n) is 11.5. The number of pyridine rings is 1. The van der Waals surface area contributed by atoms with Crippen LogP contribution in [0.3, 0.4) is 0 Å². The second kappa shape index (κ2) is 5.38. The van der Waals surface area contributed by atoms with Crippen LogP contribution in [0.2, 0.25) is 5.15 Å². The van der Waals surface area contributed by atoms with Gasteiger partial charge in [0.1, 0.15) is 11.0 Å². The van der Waals surface area contributed by atoms with Gasteiger partial charge in [-0.15, -0.1) is 0 Å². The highest BCUT2D eigenvalue weighted by Gasteiger charge is 2.04. The summed E-state index contributed by atoms with van der Waals surface area (Å²) in [4.78, 5) is 4.40. The maximum atomic E-state index is 6.21. The third kappa shape index (κ3) is 2.72. The van der Waals surface area contributed by atoms with Crippen LogP contribution in [0, 0.1) is 18.6 Å². The van der Waals surface area contributed by atoms with E-state index in [0.717, 1.165) is 22.0 Å². The summed E-state index contributed by atoms with van der Waals surface area (Å²) in [6.07, 6.45) is 1.63. The number of hydrogen-bond acceptors (Lipinski definition) is 4. The van der Waals surface area contributed by atoms with Crippen molar-refractivity contribution in [3.8, 4) is 0 Å². The maximum absolute atomic E-state index is 6.21. The molecule has 0 aliphatic heterocycles. The molecule has 0 saturated carbocycles. The highest BCUT2D eigenvalue weighted by atomic mass is 35.5. The number of halogens is 1. The van der Waals surface area contributed by atoms with E-state index < -0.39 is 0 Å². The predicted molar refractivity (Wildman–Crippen MR) is 86.6 cm³/mol. The number of benzene rings is 1. The second-order valence-electron chi connectivity index (χ2n) is 4.70. The molecule has 7 heteroatoms. The Balaban J connectivity index is 2.07. The molecule has 0 spiro atoms. The smallest absolute Gasteiger partial charge is 0.216 e. The topological polar surface area (TPSA) is 58.9 Å². The molecule has 1 N–H and O–H groups in total. The number of rotatable bonds is 2. The van der Waals surface area contributed by atoms with Crippen molar-refractivity contribution in [3.05, 3.63) is 51.1 Å². The van der Waals surface area contributed by atoms with Gasteiger partial charge in [0.05, 0.1) is 11.7 Å². The number of nitrogens with zero attached hydrogens (tertiary/aromatic N) is 4. The summed E-state index contributed by atoms with van der Waals surface area (Å²) in [5, 5.41) is 12.4. The molecule has 2 heterocycles. The molecular weight excluding hydrogens is 306 g/mol. The summed E-state index contributed by atoms with van der Waals surface area (Å²) in [5.41, 5.74) is 2.75. The van der Waals surface area contributed by atoms with Gasteiger partial charge in [-0.2, -0.15) is 14.9 Å². The Morgan fingerprint density at radius 1 is 1.33 bits per heavy atom. The first-order chi connectivity index (χ1) is 10.0. The first-order valence-electron chi connectivity index (χ1n) is 6.30. The Kier molecular flexibility index (Phi) is 3.57. The largest absolute Gasteiger partial charge is 0.250 e. The van der Waals surface area contributed by atoms with Gasteiger partial charge in [-0.3, -0.25) is 5.10 Å². The minimum absolute atomic E-state index is 0.407. The van der Waals surface area contributed by atoms with Crippen LogP contribution in [0.1, 0.15) is 17.0 Å². The molecule has 1 aromatic carbocycles. The van der Waals surface area contributed by atoms with Gasteiger partial charge in [-0.25, -0.2) is 4.98 Å². The van der Waals surface area contributed by atoms with Crippen LogP contribution < -0.4 is 0 Å². The van der Waals surface area contributed by atoms with Crippen molar-refractivity contribution in [1.29, 1.82) is 0 Å². The highest BCUT2D eigenvalue weighted by Crippen LogP contribution is 2.20. The predicted octanol–water partition coefficient (Wildman–Crippen LogP) is 3.64. The van der Waals surface area contributed by atoms with Gasteiger partial charge in [0, 0.05) is 10.9 Å². The van der Waals surface area contributed by atoms with E-state index in [1.807, 2.05) is 38.1 Å². The van der Waals surface area contributed by atoms with Gasteiger partial charge in [-0.05, 0) is 43.8 Å². The molecule has 106 valence electrons. The van der Waals surface area contributed by atoms with Crippen LogP contribution in [-0.2, 0) is 0 Å². The molecule has 3 aromatic rings. The SMILES string of the molecule is Cc1ccc2cc(/C=N\n3c(C)n[nH]c3=S)c(Cl)nc2c1. The van der Waals surface area contributed by atoms with Crippen molar-refractivity contribution in [1.82, 2.24) is 19.9 Å². The standard InChI is InChI=1S/C14H12ClN5S/c1-8-3-4-10-6-11(13(15)17-12(10)5-8)7-16-20-9(2)18-19-14(20)21/h3-7H,1-2H3,(H,19,21)/b16-7-. The summed E-state index contributed by atoms with van der Waals surface area (Å²) in [7, 11) is 0. The first kappa shape index (κ1) is 13.9. The van der Waals surface area contributed by atoms with Crippen molar-refractivity contribution in [2.75, 3.05) is 0 Å². The van der Waals surface area contributed by atoms with E-state index in [2.05, 4.69) is 20.3 Å². The average Bonchev–Trinajstić information content (AvgIpc) is 2.76. The van der Waals surface area contributed by atoms with Crippen LogP contribution in [0.4, 0.5) is 0 Å². The minimum Gasteiger partial charge on any atom is -0.250 e. The summed E-state index contributed by atoms with van der Waals surface area (Å²) < 4.78 is 1.97. The number of nitrogens with one attached hydrogen (secondary N) is 1. The van der Waals surface area contributed by atoms with E-state index in [1.165, 1.54) is 4.68 Å². The van der Waals surface area contributed by atoms with Gasteiger partial charge in [-0.1, -0.05) is 23.7 Å². The van der Waals surface area contributed by atoms with E-state index in [1.54, 1.807) is 6.21 Å². The van der Waals surface area contributed by atoms with Crippen LogP contribution in [-0.4, -0.2) is 26.1 Å². The Morgan fingerprint density at radius 3 is 2.86 bits per heavy atom. The number of aromatic nitrogens is 4. The fourth-order valence-electron chi connectivity index (χ4n) is 1.99. The van der Waals surface area contributed by atoms with Gasteiger partial charge < -0.3 is 0 Å². The van der Waals surface area contributed by atoms with E-state index >= 15 is 0 Å². The number of H-pyrrole nitrogens is 1. The highest BCUT2D eigenvalue weighted by molar-refractivity contribution is 7.71. The van der Waals surface area contributed by atoms with Crippen molar-refractivity contribution in [3.63, 3.8) is 0 Å². The third-order valence-corrected chi connectivity index (χ3v) is 3.65. The number of aryl methyl sites for hydroxylation is 2. The molecule has 21 heavy (non-hydrogen) atoms. The van der Waals surface area contributed by atoms with Crippen LogP contribution in [0.25, 0.3) is 10.9 Å². The summed E-state index contributed by atoms with van der Waals surface area (Å²) in [6.45, 7) is 3.83. The molecule has 0 atom stereocenters. The third-order valence-electron chi connectivity index (χ3n) is 3.08. The van der Waals surface area contributed by atoms with Gasteiger partial charge in [0.2, 0.25) is 4.77 Å². The lowest BCUT2D eigenvalue weighted by atomic mass is 10.1. The minimum atomic E-state index is 0.407. The van der Waals surface area contributed by atoms with Gasteiger partial charge >= 0.3 is 0 Å². The van der Waals surface area contributed by atoms with Crippen LogP contribution in [0.15, 0.2) is 29.4 Å².